The lowest BCUT2D eigenvalue weighted by Crippen LogP contribution is -2.10. The molecule has 0 heterocycles. The van der Waals surface area contributed by atoms with Gasteiger partial charge in [-0.3, -0.25) is 0 Å². The average molecular weight is 288 g/mol. The summed E-state index contributed by atoms with van der Waals surface area (Å²) in [5, 5.41) is 0.267. The number of hydrogen-bond acceptors (Lipinski definition) is 1. The van der Waals surface area contributed by atoms with E-state index in [1.807, 2.05) is 0 Å². The summed E-state index contributed by atoms with van der Waals surface area (Å²) in [6.07, 6.45) is -4.47. The van der Waals surface area contributed by atoms with E-state index in [1.165, 1.54) is 6.07 Å². The number of nitrogens with two attached hydrogens (primary N) is 1. The summed E-state index contributed by atoms with van der Waals surface area (Å²) in [7, 11) is 0. The molecule has 0 saturated carbocycles. The van der Waals surface area contributed by atoms with Crippen LogP contribution >= 0.6 is 27.5 Å². The summed E-state index contributed by atoms with van der Waals surface area (Å²) in [6.45, 7) is 0. The molecule has 78 valence electrons. The molecule has 0 spiro atoms. The van der Waals surface area contributed by atoms with Gasteiger partial charge in [0.1, 0.15) is 0 Å². The molecule has 1 nitrogen and oxygen atoms in total. The molecule has 1 rings (SSSR count). The largest absolute Gasteiger partial charge is 0.418 e. The standard InChI is InChI=1S/C8H6BrClF3N/c9-3-4-1-5(10)2-6(7(4)14)8(11,12)13/h1-2H,3,14H2. The second-order valence-corrected chi connectivity index (χ2v) is 3.65. The number of hydrogen-bond donors (Lipinski definition) is 1. The summed E-state index contributed by atoms with van der Waals surface area (Å²) in [5.74, 6) is 0. The molecule has 0 radical (unpaired) electrons. The highest BCUT2D eigenvalue weighted by molar-refractivity contribution is 9.08. The lowest BCUT2D eigenvalue weighted by molar-refractivity contribution is -0.136. The molecule has 14 heavy (non-hydrogen) atoms. The van der Waals surface area contributed by atoms with Gasteiger partial charge in [-0.15, -0.1) is 0 Å². The van der Waals surface area contributed by atoms with Crippen LogP contribution in [0, 0.1) is 0 Å². The fraction of sp³-hybridized carbons (Fsp3) is 0.250. The molecule has 1 aromatic carbocycles. The van der Waals surface area contributed by atoms with Gasteiger partial charge in [0, 0.05) is 16.0 Å². The maximum Gasteiger partial charge on any atom is 0.418 e. The molecular formula is C8H6BrClF3N. The highest BCUT2D eigenvalue weighted by Gasteiger charge is 2.34. The van der Waals surface area contributed by atoms with Crippen molar-refractivity contribution in [1.29, 1.82) is 0 Å². The highest BCUT2D eigenvalue weighted by Crippen LogP contribution is 2.37. The number of benzene rings is 1. The van der Waals surface area contributed by atoms with Crippen LogP contribution in [-0.4, -0.2) is 0 Å². The van der Waals surface area contributed by atoms with E-state index in [0.29, 0.717) is 5.56 Å². The van der Waals surface area contributed by atoms with Gasteiger partial charge in [-0.1, -0.05) is 27.5 Å². The average Bonchev–Trinajstić information content (AvgIpc) is 2.06. The van der Waals surface area contributed by atoms with E-state index in [-0.39, 0.29) is 16.0 Å². The molecule has 0 aliphatic carbocycles. The zero-order chi connectivity index (χ0) is 10.9. The van der Waals surface area contributed by atoms with E-state index in [2.05, 4.69) is 15.9 Å². The van der Waals surface area contributed by atoms with Gasteiger partial charge in [0.05, 0.1) is 5.56 Å². The van der Waals surface area contributed by atoms with Crippen molar-refractivity contribution in [1.82, 2.24) is 0 Å². The quantitative estimate of drug-likeness (QED) is 0.617. The minimum Gasteiger partial charge on any atom is -0.398 e. The van der Waals surface area contributed by atoms with Crippen LogP contribution in [0.1, 0.15) is 11.1 Å². The van der Waals surface area contributed by atoms with E-state index in [0.717, 1.165) is 6.07 Å². The SMILES string of the molecule is Nc1c(CBr)cc(Cl)cc1C(F)(F)F. The van der Waals surface area contributed by atoms with Gasteiger partial charge >= 0.3 is 6.18 Å². The van der Waals surface area contributed by atoms with Crippen LogP contribution < -0.4 is 5.73 Å². The van der Waals surface area contributed by atoms with Crippen molar-refractivity contribution >= 4 is 33.2 Å². The monoisotopic (exact) mass is 287 g/mol. The van der Waals surface area contributed by atoms with Gasteiger partial charge in [0.15, 0.2) is 0 Å². The smallest absolute Gasteiger partial charge is 0.398 e. The Kier molecular flexibility index (Phi) is 3.32. The van der Waals surface area contributed by atoms with Crippen LogP contribution in [0.5, 0.6) is 0 Å². The van der Waals surface area contributed by atoms with E-state index in [1.54, 1.807) is 0 Å². The summed E-state index contributed by atoms with van der Waals surface area (Å²) in [4.78, 5) is 0. The van der Waals surface area contributed by atoms with Crippen LogP contribution in [0.4, 0.5) is 18.9 Å². The first-order valence-electron chi connectivity index (χ1n) is 3.57. The first-order chi connectivity index (χ1) is 6.36. The lowest BCUT2D eigenvalue weighted by Gasteiger charge is -2.13. The first-order valence-corrected chi connectivity index (χ1v) is 5.07. The molecular weight excluding hydrogens is 282 g/mol. The minimum atomic E-state index is -4.47. The topological polar surface area (TPSA) is 26.0 Å². The van der Waals surface area contributed by atoms with Crippen LogP contribution in [0.25, 0.3) is 0 Å². The second kappa shape index (κ2) is 3.98. The molecule has 0 aliphatic rings. The zero-order valence-electron chi connectivity index (χ0n) is 6.83. The molecule has 0 aromatic heterocycles. The highest BCUT2D eigenvalue weighted by atomic mass is 79.9. The van der Waals surface area contributed by atoms with Crippen molar-refractivity contribution < 1.29 is 13.2 Å². The van der Waals surface area contributed by atoms with Crippen molar-refractivity contribution in [3.05, 3.63) is 28.3 Å². The van der Waals surface area contributed by atoms with Crippen molar-refractivity contribution in [3.8, 4) is 0 Å². The van der Waals surface area contributed by atoms with Crippen molar-refractivity contribution in [2.24, 2.45) is 0 Å². The Morgan fingerprint density at radius 3 is 2.36 bits per heavy atom. The third-order valence-corrected chi connectivity index (χ3v) is 2.50. The fourth-order valence-corrected chi connectivity index (χ4v) is 1.72. The minimum absolute atomic E-state index is 0.0287. The number of rotatable bonds is 1. The van der Waals surface area contributed by atoms with E-state index in [9.17, 15) is 13.2 Å². The molecule has 0 amide bonds. The van der Waals surface area contributed by atoms with Gasteiger partial charge < -0.3 is 5.73 Å². The predicted octanol–water partition coefficient (Wildman–Crippen LogP) is 3.84. The van der Waals surface area contributed by atoms with Crippen LogP contribution in [-0.2, 0) is 11.5 Å². The normalized spacial score (nSPS) is 11.8. The van der Waals surface area contributed by atoms with Crippen LogP contribution in [0.2, 0.25) is 5.02 Å². The van der Waals surface area contributed by atoms with Gasteiger partial charge in [-0.05, 0) is 17.7 Å². The second-order valence-electron chi connectivity index (χ2n) is 2.66. The van der Waals surface area contributed by atoms with Gasteiger partial charge in [-0.2, -0.15) is 13.2 Å². The van der Waals surface area contributed by atoms with Gasteiger partial charge in [0.25, 0.3) is 0 Å². The van der Waals surface area contributed by atoms with E-state index >= 15 is 0 Å². The Labute approximate surface area is 92.2 Å². The molecule has 0 fully saturated rings. The predicted molar refractivity (Wildman–Crippen MR) is 53.5 cm³/mol. The summed E-state index contributed by atoms with van der Waals surface area (Å²) in [5.41, 5.74) is 4.51. The van der Waals surface area contributed by atoms with Crippen LogP contribution in [0.3, 0.4) is 0 Å². The van der Waals surface area contributed by atoms with Gasteiger partial charge in [0.2, 0.25) is 0 Å². The van der Waals surface area contributed by atoms with Crippen molar-refractivity contribution in [2.45, 2.75) is 11.5 Å². The lowest BCUT2D eigenvalue weighted by atomic mass is 10.1. The van der Waals surface area contributed by atoms with E-state index in [4.69, 9.17) is 17.3 Å². The molecule has 6 heteroatoms. The number of alkyl halides is 4. The summed E-state index contributed by atoms with van der Waals surface area (Å²) >= 11 is 8.57. The number of halogens is 5. The fourth-order valence-electron chi connectivity index (χ4n) is 1.02. The number of anilines is 1. The molecule has 2 N–H and O–H groups in total. The molecule has 0 atom stereocenters. The van der Waals surface area contributed by atoms with Crippen LogP contribution in [0.15, 0.2) is 12.1 Å². The molecule has 0 unspecified atom stereocenters. The maximum atomic E-state index is 12.4. The zero-order valence-corrected chi connectivity index (χ0v) is 9.17. The Hall–Kier alpha value is -0.420. The van der Waals surface area contributed by atoms with Crippen molar-refractivity contribution in [2.75, 3.05) is 5.73 Å². The Morgan fingerprint density at radius 1 is 1.36 bits per heavy atom. The summed E-state index contributed by atoms with van der Waals surface area (Å²) < 4.78 is 37.2. The number of nitrogen functional groups attached to an aromatic ring is 1. The Bertz CT molecular complexity index is 351. The molecule has 0 aliphatic heterocycles. The molecule has 1 aromatic rings. The Morgan fingerprint density at radius 2 is 1.93 bits per heavy atom. The first kappa shape index (κ1) is 11.7. The maximum absolute atomic E-state index is 12.4. The molecule has 0 saturated heterocycles. The third kappa shape index (κ3) is 2.33. The van der Waals surface area contributed by atoms with E-state index < -0.39 is 11.7 Å². The third-order valence-electron chi connectivity index (χ3n) is 1.68. The molecule has 0 bridgehead atoms. The van der Waals surface area contributed by atoms with Gasteiger partial charge in [-0.25, -0.2) is 0 Å². The Balaban J connectivity index is 3.37. The van der Waals surface area contributed by atoms with Crippen molar-refractivity contribution in [3.63, 3.8) is 0 Å². The summed E-state index contributed by atoms with van der Waals surface area (Å²) in [6, 6.07) is 2.23.